The quantitative estimate of drug-likeness (QED) is 0.713. The van der Waals surface area contributed by atoms with Crippen molar-refractivity contribution in [2.24, 2.45) is 5.73 Å². The summed E-state index contributed by atoms with van der Waals surface area (Å²) in [7, 11) is 3.56. The molecule has 4 heteroatoms. The summed E-state index contributed by atoms with van der Waals surface area (Å²) < 4.78 is 0. The van der Waals surface area contributed by atoms with E-state index in [1.54, 1.807) is 19.0 Å². The summed E-state index contributed by atoms with van der Waals surface area (Å²) in [6.45, 7) is 0.484. The molecule has 3 N–H and O–H groups in total. The smallest absolute Gasteiger partial charge is 0.222 e. The number of aliphatic hydroxyl groups is 1. The number of aliphatic hydroxyl groups excluding tert-OH is 1. The van der Waals surface area contributed by atoms with Crippen molar-refractivity contribution >= 4 is 5.91 Å². The molecule has 1 amide bonds. The Morgan fingerprint density at radius 2 is 2.10 bits per heavy atom. The molecule has 0 aliphatic heterocycles. The minimum absolute atomic E-state index is 0.178. The normalized spacial score (nSPS) is 12.2. The molecule has 1 rings (SSSR count). The number of nitrogens with two attached hydrogens (primary N) is 1. The van der Waals surface area contributed by atoms with Crippen LogP contribution in [0, 0.1) is 0 Å². The second-order valence-electron chi connectivity index (χ2n) is 5.33. The van der Waals surface area contributed by atoms with Crippen LogP contribution < -0.4 is 5.73 Å². The molecule has 0 fully saturated rings. The van der Waals surface area contributed by atoms with Crippen LogP contribution in [0.3, 0.4) is 0 Å². The third-order valence-corrected chi connectivity index (χ3v) is 3.38. The Morgan fingerprint density at radius 1 is 1.35 bits per heavy atom. The summed E-state index contributed by atoms with van der Waals surface area (Å²) in [5, 5.41) is 9.92. The Balaban J connectivity index is 2.41. The lowest BCUT2D eigenvalue weighted by atomic mass is 10.0. The molecule has 1 unspecified atom stereocenters. The van der Waals surface area contributed by atoms with E-state index < -0.39 is 6.10 Å². The van der Waals surface area contributed by atoms with Crippen LogP contribution in [0.4, 0.5) is 0 Å². The maximum atomic E-state index is 11.5. The van der Waals surface area contributed by atoms with Gasteiger partial charge in [0.25, 0.3) is 0 Å². The Bertz CT molecular complexity index is 419. The van der Waals surface area contributed by atoms with Gasteiger partial charge in [-0.3, -0.25) is 4.79 Å². The summed E-state index contributed by atoms with van der Waals surface area (Å²) in [4.78, 5) is 13.1. The van der Waals surface area contributed by atoms with E-state index in [0.717, 1.165) is 24.8 Å². The second-order valence-corrected chi connectivity index (χ2v) is 5.33. The molecule has 20 heavy (non-hydrogen) atoms. The molecule has 1 aromatic carbocycles. The third kappa shape index (κ3) is 5.72. The van der Waals surface area contributed by atoms with Crippen molar-refractivity contribution < 1.29 is 9.90 Å². The van der Waals surface area contributed by atoms with Crippen molar-refractivity contribution in [1.82, 2.24) is 4.90 Å². The zero-order chi connectivity index (χ0) is 15.0. The van der Waals surface area contributed by atoms with Crippen molar-refractivity contribution in [1.29, 1.82) is 0 Å². The summed E-state index contributed by atoms with van der Waals surface area (Å²) in [6, 6.07) is 8.00. The number of carbonyl (C=O) groups excluding carboxylic acids is 1. The lowest BCUT2D eigenvalue weighted by Crippen LogP contribution is -2.21. The van der Waals surface area contributed by atoms with Crippen LogP contribution in [0.1, 0.15) is 42.9 Å². The molecule has 0 saturated heterocycles. The van der Waals surface area contributed by atoms with Gasteiger partial charge in [-0.2, -0.15) is 0 Å². The number of amides is 1. The fourth-order valence-electron chi connectivity index (χ4n) is 2.11. The van der Waals surface area contributed by atoms with Crippen LogP contribution in [-0.2, 0) is 11.2 Å². The van der Waals surface area contributed by atoms with E-state index in [1.807, 2.05) is 18.2 Å². The largest absolute Gasteiger partial charge is 0.388 e. The molecule has 0 bridgehead atoms. The fraction of sp³-hybridized carbons (Fsp3) is 0.562. The van der Waals surface area contributed by atoms with E-state index in [1.165, 1.54) is 5.56 Å². The minimum Gasteiger partial charge on any atom is -0.388 e. The van der Waals surface area contributed by atoms with E-state index in [9.17, 15) is 9.90 Å². The van der Waals surface area contributed by atoms with Crippen molar-refractivity contribution in [3.05, 3.63) is 35.4 Å². The highest BCUT2D eigenvalue weighted by Crippen LogP contribution is 2.18. The molecule has 0 spiro atoms. The van der Waals surface area contributed by atoms with Crippen LogP contribution in [0.5, 0.6) is 0 Å². The van der Waals surface area contributed by atoms with Crippen LogP contribution >= 0.6 is 0 Å². The molecule has 1 aromatic rings. The van der Waals surface area contributed by atoms with Gasteiger partial charge in [0.2, 0.25) is 5.91 Å². The molecule has 0 aliphatic rings. The maximum Gasteiger partial charge on any atom is 0.222 e. The predicted molar refractivity (Wildman–Crippen MR) is 81.3 cm³/mol. The predicted octanol–water partition coefficient (Wildman–Crippen LogP) is 1.87. The summed E-state index contributed by atoms with van der Waals surface area (Å²) in [5.41, 5.74) is 7.59. The Kier molecular flexibility index (Phi) is 7.26. The molecule has 1 atom stereocenters. The zero-order valence-corrected chi connectivity index (χ0v) is 12.5. The van der Waals surface area contributed by atoms with Crippen LogP contribution in [-0.4, -0.2) is 36.6 Å². The van der Waals surface area contributed by atoms with Crippen LogP contribution in [0.25, 0.3) is 0 Å². The highest BCUT2D eigenvalue weighted by Gasteiger charge is 2.07. The maximum absolute atomic E-state index is 11.5. The van der Waals surface area contributed by atoms with Gasteiger partial charge in [0.05, 0.1) is 6.10 Å². The van der Waals surface area contributed by atoms with E-state index in [2.05, 4.69) is 6.07 Å². The van der Waals surface area contributed by atoms with Crippen molar-refractivity contribution in [3.63, 3.8) is 0 Å². The molecule has 0 saturated carbocycles. The average Bonchev–Trinajstić information content (AvgIpc) is 2.43. The van der Waals surface area contributed by atoms with Gasteiger partial charge >= 0.3 is 0 Å². The molecule has 0 heterocycles. The van der Waals surface area contributed by atoms with Crippen molar-refractivity contribution in [2.75, 3.05) is 20.6 Å². The molecule has 4 nitrogen and oxygen atoms in total. The van der Waals surface area contributed by atoms with Gasteiger partial charge in [-0.1, -0.05) is 24.3 Å². The summed E-state index contributed by atoms with van der Waals surface area (Å²) in [6.07, 6.45) is 3.52. The van der Waals surface area contributed by atoms with Gasteiger partial charge in [0.1, 0.15) is 0 Å². The van der Waals surface area contributed by atoms with Crippen molar-refractivity contribution in [2.45, 2.75) is 38.2 Å². The van der Waals surface area contributed by atoms with Crippen molar-refractivity contribution in [3.8, 4) is 0 Å². The number of hydrogen-bond acceptors (Lipinski definition) is 3. The van der Waals surface area contributed by atoms with Gasteiger partial charge in [0.15, 0.2) is 0 Å². The Hall–Kier alpha value is -1.39. The first kappa shape index (κ1) is 16.7. The molecular formula is C16H26N2O2. The summed E-state index contributed by atoms with van der Waals surface area (Å²) >= 11 is 0. The molecular weight excluding hydrogens is 252 g/mol. The number of rotatable bonds is 8. The van der Waals surface area contributed by atoms with E-state index in [0.29, 0.717) is 19.4 Å². The number of benzene rings is 1. The van der Waals surface area contributed by atoms with Gasteiger partial charge in [0, 0.05) is 20.5 Å². The second kappa shape index (κ2) is 8.72. The van der Waals surface area contributed by atoms with Gasteiger partial charge in [-0.15, -0.1) is 0 Å². The molecule has 0 aliphatic carbocycles. The first-order valence-corrected chi connectivity index (χ1v) is 7.21. The molecule has 112 valence electrons. The molecule has 0 aromatic heterocycles. The van der Waals surface area contributed by atoms with E-state index >= 15 is 0 Å². The Labute approximate surface area is 121 Å². The number of nitrogens with zero attached hydrogens (tertiary/aromatic N) is 1. The van der Waals surface area contributed by atoms with Gasteiger partial charge in [-0.25, -0.2) is 0 Å². The zero-order valence-electron chi connectivity index (χ0n) is 12.5. The third-order valence-electron chi connectivity index (χ3n) is 3.38. The first-order valence-electron chi connectivity index (χ1n) is 7.21. The van der Waals surface area contributed by atoms with Gasteiger partial charge in [-0.05, 0) is 43.4 Å². The first-order chi connectivity index (χ1) is 9.54. The minimum atomic E-state index is -0.477. The summed E-state index contributed by atoms with van der Waals surface area (Å²) in [5.74, 6) is 0.178. The van der Waals surface area contributed by atoms with Gasteiger partial charge < -0.3 is 15.7 Å². The topological polar surface area (TPSA) is 66.6 Å². The number of carbonyl (C=O) groups is 1. The number of hydrogen-bond donors (Lipinski definition) is 2. The number of aryl methyl sites for hydroxylation is 1. The van der Waals surface area contributed by atoms with Crippen LogP contribution in [0.2, 0.25) is 0 Å². The molecule has 0 radical (unpaired) electrons. The average molecular weight is 278 g/mol. The standard InChI is InChI=1S/C16H26N2O2/c1-18(2)16(20)9-4-3-6-13-7-5-8-14(12-13)15(19)10-11-17/h5,7-8,12,15,19H,3-4,6,9-11,17H2,1-2H3. The lowest BCUT2D eigenvalue weighted by Gasteiger charge is -2.12. The fourth-order valence-corrected chi connectivity index (χ4v) is 2.11. The van der Waals surface area contributed by atoms with E-state index in [4.69, 9.17) is 5.73 Å². The highest BCUT2D eigenvalue weighted by molar-refractivity contribution is 5.75. The van der Waals surface area contributed by atoms with E-state index in [-0.39, 0.29) is 5.91 Å². The number of unbranched alkanes of at least 4 members (excludes halogenated alkanes) is 1. The highest BCUT2D eigenvalue weighted by atomic mass is 16.3. The SMILES string of the molecule is CN(C)C(=O)CCCCc1cccc(C(O)CCN)c1. The Morgan fingerprint density at radius 3 is 2.75 bits per heavy atom. The monoisotopic (exact) mass is 278 g/mol. The van der Waals surface area contributed by atoms with Crippen LogP contribution in [0.15, 0.2) is 24.3 Å². The lowest BCUT2D eigenvalue weighted by molar-refractivity contribution is -0.128.